The summed E-state index contributed by atoms with van der Waals surface area (Å²) in [6.45, 7) is 1.60. The summed E-state index contributed by atoms with van der Waals surface area (Å²) in [5, 5.41) is 2.59. The van der Waals surface area contributed by atoms with Gasteiger partial charge in [-0.2, -0.15) is 0 Å². The number of hydrogen-bond acceptors (Lipinski definition) is 4. The molecule has 1 aromatic carbocycles. The van der Waals surface area contributed by atoms with Gasteiger partial charge < -0.3 is 10.1 Å². The van der Waals surface area contributed by atoms with E-state index in [1.54, 1.807) is 31.2 Å². The van der Waals surface area contributed by atoms with E-state index in [0.29, 0.717) is 11.4 Å². The molecule has 1 atom stereocenters. The zero-order chi connectivity index (χ0) is 13.8. The number of rotatable bonds is 5. The number of carbonyl (C=O) groups excluding carboxylic acids is 1. The average molecular weight is 272 g/mol. The molecule has 1 amide bonds. The highest BCUT2D eigenvalue weighted by Crippen LogP contribution is 2.22. The van der Waals surface area contributed by atoms with Crippen LogP contribution in [0, 0.1) is 0 Å². The Morgan fingerprint density at radius 3 is 2.33 bits per heavy atom. The molecule has 0 saturated heterocycles. The number of anilines is 2. The number of ether oxygens (including phenoxy) is 1. The van der Waals surface area contributed by atoms with Gasteiger partial charge >= 0.3 is 0 Å². The van der Waals surface area contributed by atoms with Crippen molar-refractivity contribution in [2.75, 3.05) is 23.4 Å². The highest BCUT2D eigenvalue weighted by molar-refractivity contribution is 7.92. The van der Waals surface area contributed by atoms with Crippen molar-refractivity contribution < 1.29 is 17.9 Å². The van der Waals surface area contributed by atoms with Crippen molar-refractivity contribution in [3.8, 4) is 0 Å². The van der Waals surface area contributed by atoms with Crippen LogP contribution >= 0.6 is 0 Å². The molecule has 0 aliphatic heterocycles. The molecule has 0 aliphatic rings. The van der Waals surface area contributed by atoms with Crippen molar-refractivity contribution >= 4 is 27.3 Å². The number of benzene rings is 1. The number of hydrogen-bond donors (Lipinski definition) is 2. The molecule has 18 heavy (non-hydrogen) atoms. The van der Waals surface area contributed by atoms with E-state index in [2.05, 4.69) is 10.0 Å². The van der Waals surface area contributed by atoms with Crippen molar-refractivity contribution in [3.63, 3.8) is 0 Å². The van der Waals surface area contributed by atoms with Gasteiger partial charge in [0.1, 0.15) is 6.10 Å². The molecule has 2 N–H and O–H groups in total. The predicted octanol–water partition coefficient (Wildman–Crippen LogP) is 1.03. The van der Waals surface area contributed by atoms with Gasteiger partial charge in [-0.1, -0.05) is 12.1 Å². The second-order valence-electron chi connectivity index (χ2n) is 3.79. The molecule has 0 aliphatic carbocycles. The van der Waals surface area contributed by atoms with E-state index in [0.717, 1.165) is 6.26 Å². The number of methoxy groups -OCH3 is 1. The van der Waals surface area contributed by atoms with Gasteiger partial charge in [0.15, 0.2) is 0 Å². The first-order chi connectivity index (χ1) is 8.33. The molecule has 6 nitrogen and oxygen atoms in total. The monoisotopic (exact) mass is 272 g/mol. The van der Waals surface area contributed by atoms with Crippen LogP contribution in [0.4, 0.5) is 11.4 Å². The van der Waals surface area contributed by atoms with E-state index in [-0.39, 0.29) is 5.91 Å². The van der Waals surface area contributed by atoms with Crippen LogP contribution in [0.5, 0.6) is 0 Å². The highest BCUT2D eigenvalue weighted by atomic mass is 32.2. The lowest BCUT2D eigenvalue weighted by Gasteiger charge is -2.14. The Hall–Kier alpha value is -1.60. The summed E-state index contributed by atoms with van der Waals surface area (Å²) in [6, 6.07) is 6.53. The minimum Gasteiger partial charge on any atom is -0.372 e. The Balaban J connectivity index is 2.93. The normalized spacial score (nSPS) is 12.8. The van der Waals surface area contributed by atoms with Crippen molar-refractivity contribution in [2.45, 2.75) is 13.0 Å². The molecule has 0 heterocycles. The number of sulfonamides is 1. The van der Waals surface area contributed by atoms with Gasteiger partial charge in [-0.15, -0.1) is 0 Å². The first-order valence-corrected chi connectivity index (χ1v) is 7.13. The van der Waals surface area contributed by atoms with Crippen LogP contribution in [-0.4, -0.2) is 33.8 Å². The fourth-order valence-electron chi connectivity index (χ4n) is 1.22. The smallest absolute Gasteiger partial charge is 0.253 e. The summed E-state index contributed by atoms with van der Waals surface area (Å²) in [5.41, 5.74) is 0.702. The third-order valence-corrected chi connectivity index (χ3v) is 2.79. The first-order valence-electron chi connectivity index (χ1n) is 5.24. The van der Waals surface area contributed by atoms with E-state index in [1.807, 2.05) is 0 Å². The molecule has 0 fully saturated rings. The summed E-state index contributed by atoms with van der Waals surface area (Å²) >= 11 is 0. The molecule has 0 aromatic heterocycles. The second-order valence-corrected chi connectivity index (χ2v) is 5.54. The maximum atomic E-state index is 11.6. The molecular weight excluding hydrogens is 256 g/mol. The van der Waals surface area contributed by atoms with Crippen LogP contribution in [0.2, 0.25) is 0 Å². The van der Waals surface area contributed by atoms with Gasteiger partial charge in [-0.25, -0.2) is 8.42 Å². The zero-order valence-electron chi connectivity index (χ0n) is 10.4. The van der Waals surface area contributed by atoms with Crippen molar-refractivity contribution in [1.29, 1.82) is 0 Å². The molecule has 7 heteroatoms. The van der Waals surface area contributed by atoms with E-state index < -0.39 is 16.1 Å². The molecule has 1 rings (SSSR count). The predicted molar refractivity (Wildman–Crippen MR) is 70.0 cm³/mol. The Morgan fingerprint density at radius 2 is 1.83 bits per heavy atom. The minimum atomic E-state index is -3.39. The molecule has 0 spiro atoms. The summed E-state index contributed by atoms with van der Waals surface area (Å²) in [4.78, 5) is 11.6. The van der Waals surface area contributed by atoms with Gasteiger partial charge in [-0.05, 0) is 19.1 Å². The van der Waals surface area contributed by atoms with Crippen LogP contribution in [-0.2, 0) is 19.6 Å². The fourth-order valence-corrected chi connectivity index (χ4v) is 1.80. The number of para-hydroxylation sites is 2. The zero-order valence-corrected chi connectivity index (χ0v) is 11.2. The van der Waals surface area contributed by atoms with Crippen molar-refractivity contribution in [3.05, 3.63) is 24.3 Å². The standard InChI is InChI=1S/C11H16N2O4S/c1-8(17-2)11(14)12-9-6-4-5-7-10(9)13-18(3,15)16/h4-8,13H,1-3H3,(H,12,14). The maximum absolute atomic E-state index is 11.6. The second kappa shape index (κ2) is 5.83. The molecule has 0 bridgehead atoms. The lowest BCUT2D eigenvalue weighted by atomic mass is 10.2. The molecule has 1 aromatic rings. The third kappa shape index (κ3) is 4.34. The lowest BCUT2D eigenvalue weighted by molar-refractivity contribution is -0.124. The van der Waals surface area contributed by atoms with Crippen LogP contribution in [0.1, 0.15) is 6.92 Å². The van der Waals surface area contributed by atoms with Crippen LogP contribution in [0.15, 0.2) is 24.3 Å². The minimum absolute atomic E-state index is 0.316. The Kier molecular flexibility index (Phi) is 4.69. The first kappa shape index (κ1) is 14.5. The lowest BCUT2D eigenvalue weighted by Crippen LogP contribution is -2.27. The van der Waals surface area contributed by atoms with Crippen LogP contribution in [0.25, 0.3) is 0 Å². The molecular formula is C11H16N2O4S. The van der Waals surface area contributed by atoms with Gasteiger partial charge in [0, 0.05) is 7.11 Å². The Morgan fingerprint density at radius 1 is 1.28 bits per heavy atom. The quantitative estimate of drug-likeness (QED) is 0.838. The SMILES string of the molecule is COC(C)C(=O)Nc1ccccc1NS(C)(=O)=O. The van der Waals surface area contributed by atoms with Gasteiger partial charge in [-0.3, -0.25) is 9.52 Å². The largest absolute Gasteiger partial charge is 0.372 e. The van der Waals surface area contributed by atoms with Crippen molar-refractivity contribution in [2.24, 2.45) is 0 Å². The molecule has 1 unspecified atom stereocenters. The van der Waals surface area contributed by atoms with E-state index >= 15 is 0 Å². The van der Waals surface area contributed by atoms with Crippen LogP contribution in [0.3, 0.4) is 0 Å². The van der Waals surface area contributed by atoms with Gasteiger partial charge in [0.05, 0.1) is 17.6 Å². The fraction of sp³-hybridized carbons (Fsp3) is 0.364. The van der Waals surface area contributed by atoms with E-state index in [4.69, 9.17) is 4.74 Å². The third-order valence-electron chi connectivity index (χ3n) is 2.20. The van der Waals surface area contributed by atoms with Crippen LogP contribution < -0.4 is 10.0 Å². The topological polar surface area (TPSA) is 84.5 Å². The number of nitrogens with one attached hydrogen (secondary N) is 2. The Bertz CT molecular complexity index is 528. The van der Waals surface area contributed by atoms with Crippen molar-refractivity contribution in [1.82, 2.24) is 0 Å². The molecule has 0 radical (unpaired) electrons. The summed E-state index contributed by atoms with van der Waals surface area (Å²) in [7, 11) is -1.97. The highest BCUT2D eigenvalue weighted by Gasteiger charge is 2.14. The van der Waals surface area contributed by atoms with E-state index in [1.165, 1.54) is 7.11 Å². The Labute approximate surface area is 106 Å². The number of amides is 1. The summed E-state index contributed by atoms with van der Waals surface area (Å²) < 4.78 is 29.6. The molecule has 0 saturated carbocycles. The van der Waals surface area contributed by atoms with E-state index in [9.17, 15) is 13.2 Å². The number of carbonyl (C=O) groups is 1. The van der Waals surface area contributed by atoms with Gasteiger partial charge in [0.2, 0.25) is 10.0 Å². The maximum Gasteiger partial charge on any atom is 0.253 e. The summed E-state index contributed by atoms with van der Waals surface area (Å²) in [6.07, 6.45) is 0.430. The average Bonchev–Trinajstić information content (AvgIpc) is 2.28. The summed E-state index contributed by atoms with van der Waals surface area (Å²) in [5.74, 6) is -0.347. The molecule has 100 valence electrons. The van der Waals surface area contributed by atoms with Gasteiger partial charge in [0.25, 0.3) is 5.91 Å².